The highest BCUT2D eigenvalue weighted by molar-refractivity contribution is 5.82. The molecule has 0 aliphatic carbocycles. The number of methoxy groups -OCH3 is 1. The molecule has 1 saturated heterocycles. The number of halogens is 3. The summed E-state index contributed by atoms with van der Waals surface area (Å²) in [7, 11) is 1.58. The number of pyridine rings is 1. The molecule has 2 aromatic heterocycles. The van der Waals surface area contributed by atoms with Crippen molar-refractivity contribution in [2.75, 3.05) is 20.2 Å². The summed E-state index contributed by atoms with van der Waals surface area (Å²) in [4.78, 5) is 25.8. The molecule has 0 radical (unpaired) electrons. The molecular weight excluding hydrogens is 421 g/mol. The fraction of sp³-hybridized carbons (Fsp3) is 0.304. The highest BCUT2D eigenvalue weighted by atomic mass is 19.4. The first-order valence-electron chi connectivity index (χ1n) is 10.1. The molecule has 1 aliphatic heterocycles. The van der Waals surface area contributed by atoms with E-state index in [9.17, 15) is 18.0 Å². The highest BCUT2D eigenvalue weighted by Gasteiger charge is 2.43. The van der Waals surface area contributed by atoms with Gasteiger partial charge in [-0.1, -0.05) is 12.1 Å². The van der Waals surface area contributed by atoms with Gasteiger partial charge in [-0.3, -0.25) is 9.78 Å². The van der Waals surface area contributed by atoms with Crippen molar-refractivity contribution in [1.82, 2.24) is 19.9 Å². The number of ether oxygens (including phenoxy) is 1. The number of hydrogen-bond acceptors (Lipinski definition) is 5. The quantitative estimate of drug-likeness (QED) is 0.596. The Bertz CT molecular complexity index is 1100. The molecule has 1 fully saturated rings. The van der Waals surface area contributed by atoms with Crippen LogP contribution in [0.15, 0.2) is 55.0 Å². The maximum atomic E-state index is 12.8. The number of alkyl halides is 3. The van der Waals surface area contributed by atoms with Gasteiger partial charge in [-0.2, -0.15) is 13.2 Å². The minimum atomic E-state index is -4.86. The maximum absolute atomic E-state index is 12.8. The summed E-state index contributed by atoms with van der Waals surface area (Å²) in [5.74, 6) is -0.707. The molecule has 0 spiro atoms. The molecule has 0 bridgehead atoms. The molecule has 0 N–H and O–H groups in total. The average molecular weight is 442 g/mol. The second-order valence-electron chi connectivity index (χ2n) is 7.52. The maximum Gasteiger partial charge on any atom is 0.471 e. The minimum Gasteiger partial charge on any atom is -0.497 e. The standard InChI is InChI=1S/C23H21F3N4O2/c1-32-18-4-2-3-17(13-18)19-14-28-21(16-5-9-27-10-6-16)29-20(19)15-7-11-30(12-8-15)22(31)23(24,25)26/h2-6,9-10,13-15H,7-8,11-12H2,1H3. The van der Waals surface area contributed by atoms with Gasteiger partial charge in [-0.05, 0) is 42.7 Å². The third kappa shape index (κ3) is 4.56. The van der Waals surface area contributed by atoms with Gasteiger partial charge in [0.15, 0.2) is 5.82 Å². The largest absolute Gasteiger partial charge is 0.497 e. The molecule has 1 amide bonds. The number of benzene rings is 1. The number of nitrogens with zero attached hydrogens (tertiary/aromatic N) is 4. The molecule has 1 aromatic carbocycles. The summed E-state index contributed by atoms with van der Waals surface area (Å²) in [6, 6.07) is 11.1. The van der Waals surface area contributed by atoms with E-state index in [0.717, 1.165) is 27.3 Å². The molecular formula is C23H21F3N4O2. The Morgan fingerprint density at radius 2 is 1.81 bits per heavy atom. The van der Waals surface area contributed by atoms with Crippen molar-refractivity contribution < 1.29 is 22.7 Å². The van der Waals surface area contributed by atoms with Gasteiger partial charge >= 0.3 is 12.1 Å². The molecule has 4 rings (SSSR count). The van der Waals surface area contributed by atoms with Crippen LogP contribution in [0.2, 0.25) is 0 Å². The van der Waals surface area contributed by atoms with Crippen LogP contribution in [0.1, 0.15) is 24.5 Å². The zero-order chi connectivity index (χ0) is 22.7. The van der Waals surface area contributed by atoms with Crippen molar-refractivity contribution in [3.8, 4) is 28.3 Å². The molecule has 1 aliphatic rings. The Balaban J connectivity index is 1.69. The lowest BCUT2D eigenvalue weighted by Crippen LogP contribution is -2.45. The number of amides is 1. The van der Waals surface area contributed by atoms with Crippen molar-refractivity contribution in [2.45, 2.75) is 24.9 Å². The summed E-state index contributed by atoms with van der Waals surface area (Å²) in [5, 5.41) is 0. The Kier molecular flexibility index (Phi) is 6.07. The van der Waals surface area contributed by atoms with E-state index in [1.807, 2.05) is 24.3 Å². The van der Waals surface area contributed by atoms with Crippen molar-refractivity contribution in [3.63, 3.8) is 0 Å². The Morgan fingerprint density at radius 3 is 2.47 bits per heavy atom. The van der Waals surface area contributed by atoms with Crippen LogP contribution in [0, 0.1) is 0 Å². The zero-order valence-electron chi connectivity index (χ0n) is 17.3. The molecule has 3 aromatic rings. The van der Waals surface area contributed by atoms with Crippen LogP contribution < -0.4 is 4.74 Å². The zero-order valence-corrected chi connectivity index (χ0v) is 17.3. The number of carbonyl (C=O) groups is 1. The minimum absolute atomic E-state index is 0.0230. The lowest BCUT2D eigenvalue weighted by Gasteiger charge is -2.33. The van der Waals surface area contributed by atoms with E-state index in [1.54, 1.807) is 37.8 Å². The Labute approximate surface area is 183 Å². The third-order valence-electron chi connectivity index (χ3n) is 5.55. The summed E-state index contributed by atoms with van der Waals surface area (Å²) < 4.78 is 43.8. The first-order chi connectivity index (χ1) is 15.4. The lowest BCUT2D eigenvalue weighted by atomic mass is 9.88. The normalized spacial score (nSPS) is 14.9. The second-order valence-corrected chi connectivity index (χ2v) is 7.52. The van der Waals surface area contributed by atoms with Crippen molar-refractivity contribution >= 4 is 5.91 Å². The van der Waals surface area contributed by atoms with E-state index < -0.39 is 12.1 Å². The highest BCUT2D eigenvalue weighted by Crippen LogP contribution is 2.36. The fourth-order valence-electron chi connectivity index (χ4n) is 3.89. The number of piperidine rings is 1. The van der Waals surface area contributed by atoms with Crippen LogP contribution in [0.25, 0.3) is 22.5 Å². The van der Waals surface area contributed by atoms with Gasteiger partial charge in [-0.25, -0.2) is 9.97 Å². The lowest BCUT2D eigenvalue weighted by molar-refractivity contribution is -0.186. The molecule has 0 unspecified atom stereocenters. The van der Waals surface area contributed by atoms with E-state index >= 15 is 0 Å². The van der Waals surface area contributed by atoms with E-state index in [-0.39, 0.29) is 19.0 Å². The van der Waals surface area contributed by atoms with Crippen molar-refractivity contribution in [3.05, 3.63) is 60.7 Å². The van der Waals surface area contributed by atoms with Gasteiger partial charge in [-0.15, -0.1) is 0 Å². The van der Waals surface area contributed by atoms with E-state index in [0.29, 0.717) is 24.4 Å². The van der Waals surface area contributed by atoms with Gasteiger partial charge in [0.1, 0.15) is 5.75 Å². The summed E-state index contributed by atoms with van der Waals surface area (Å²) in [6.45, 7) is 0.0459. The summed E-state index contributed by atoms with van der Waals surface area (Å²) in [5.41, 5.74) is 3.19. The smallest absolute Gasteiger partial charge is 0.471 e. The first kappa shape index (κ1) is 21.7. The molecule has 9 heteroatoms. The number of likely N-dealkylation sites (tertiary alicyclic amines) is 1. The number of rotatable bonds is 4. The van der Waals surface area contributed by atoms with Crippen LogP contribution in [-0.4, -0.2) is 52.1 Å². The molecule has 166 valence electrons. The second kappa shape index (κ2) is 8.94. The first-order valence-corrected chi connectivity index (χ1v) is 10.1. The molecule has 32 heavy (non-hydrogen) atoms. The number of hydrogen-bond donors (Lipinski definition) is 0. The van der Waals surface area contributed by atoms with Crippen LogP contribution in [0.5, 0.6) is 5.75 Å². The van der Waals surface area contributed by atoms with Gasteiger partial charge in [0, 0.05) is 48.7 Å². The van der Waals surface area contributed by atoms with Crippen LogP contribution in [0.4, 0.5) is 13.2 Å². The number of carbonyl (C=O) groups excluding carboxylic acids is 1. The van der Waals surface area contributed by atoms with E-state index in [2.05, 4.69) is 9.97 Å². The topological polar surface area (TPSA) is 68.2 Å². The average Bonchev–Trinajstić information content (AvgIpc) is 2.83. The Hall–Kier alpha value is -3.49. The number of aromatic nitrogens is 3. The predicted octanol–water partition coefficient (Wildman–Crippen LogP) is 4.48. The SMILES string of the molecule is COc1cccc(-c2cnc(-c3ccncc3)nc2C2CCN(C(=O)C(F)(F)F)CC2)c1. The van der Waals surface area contributed by atoms with Crippen molar-refractivity contribution in [1.29, 1.82) is 0 Å². The van der Waals surface area contributed by atoms with Gasteiger partial charge in [0.2, 0.25) is 0 Å². The van der Waals surface area contributed by atoms with Crippen LogP contribution in [-0.2, 0) is 4.79 Å². The fourth-order valence-corrected chi connectivity index (χ4v) is 3.89. The monoisotopic (exact) mass is 442 g/mol. The van der Waals surface area contributed by atoms with E-state index in [1.165, 1.54) is 0 Å². The summed E-state index contributed by atoms with van der Waals surface area (Å²) >= 11 is 0. The molecule has 0 atom stereocenters. The van der Waals surface area contributed by atoms with E-state index in [4.69, 9.17) is 9.72 Å². The Morgan fingerprint density at radius 1 is 1.09 bits per heavy atom. The van der Waals surface area contributed by atoms with Gasteiger partial charge < -0.3 is 9.64 Å². The molecule has 0 saturated carbocycles. The third-order valence-corrected chi connectivity index (χ3v) is 5.55. The van der Waals surface area contributed by atoms with Crippen LogP contribution in [0.3, 0.4) is 0 Å². The summed E-state index contributed by atoms with van der Waals surface area (Å²) in [6.07, 6.45) is 0.935. The molecule has 6 nitrogen and oxygen atoms in total. The molecule has 3 heterocycles. The van der Waals surface area contributed by atoms with Crippen LogP contribution >= 0.6 is 0 Å². The van der Waals surface area contributed by atoms with Gasteiger partial charge in [0.05, 0.1) is 12.8 Å². The predicted molar refractivity (Wildman–Crippen MR) is 112 cm³/mol. The van der Waals surface area contributed by atoms with Gasteiger partial charge in [0.25, 0.3) is 0 Å². The van der Waals surface area contributed by atoms with Crippen molar-refractivity contribution in [2.24, 2.45) is 0 Å².